The summed E-state index contributed by atoms with van der Waals surface area (Å²) in [5.74, 6) is 1.72. The Morgan fingerprint density at radius 3 is 2.06 bits per heavy atom. The monoisotopic (exact) mass is 225 g/mol. The quantitative estimate of drug-likeness (QED) is 0.708. The van der Waals surface area contributed by atoms with E-state index in [0.29, 0.717) is 6.04 Å². The molecule has 0 saturated heterocycles. The number of rotatable bonds is 6. The minimum atomic E-state index is 0.715. The maximum absolute atomic E-state index is 3.92. The van der Waals surface area contributed by atoms with E-state index in [1.807, 2.05) is 0 Å². The molecular weight excluding hydrogens is 194 g/mol. The maximum atomic E-state index is 3.92. The lowest BCUT2D eigenvalue weighted by atomic mass is 9.82. The van der Waals surface area contributed by atoms with E-state index in [0.717, 1.165) is 17.9 Å². The van der Waals surface area contributed by atoms with Crippen molar-refractivity contribution >= 4 is 0 Å². The fraction of sp³-hybridized carbons (Fsp3) is 1.00. The van der Waals surface area contributed by atoms with Crippen LogP contribution in [0, 0.1) is 11.8 Å². The van der Waals surface area contributed by atoms with Crippen molar-refractivity contribution in [1.29, 1.82) is 0 Å². The van der Waals surface area contributed by atoms with Crippen LogP contribution in [0.5, 0.6) is 0 Å². The van der Waals surface area contributed by atoms with E-state index in [2.05, 4.69) is 33.0 Å². The van der Waals surface area contributed by atoms with E-state index in [9.17, 15) is 0 Å². The molecule has 1 saturated carbocycles. The minimum absolute atomic E-state index is 0.715. The molecule has 1 heteroatoms. The molecule has 1 N–H and O–H groups in total. The average molecular weight is 225 g/mol. The van der Waals surface area contributed by atoms with Crippen molar-refractivity contribution in [3.63, 3.8) is 0 Å². The Bertz CT molecular complexity index is 170. The molecule has 0 amide bonds. The molecule has 2 atom stereocenters. The summed E-state index contributed by atoms with van der Waals surface area (Å²) in [5.41, 5.74) is 0. The van der Waals surface area contributed by atoms with Gasteiger partial charge in [-0.2, -0.15) is 0 Å². The van der Waals surface area contributed by atoms with Gasteiger partial charge in [0, 0.05) is 12.1 Å². The molecule has 0 aromatic heterocycles. The standard InChI is InChI=1S/C15H31N/c1-5-14(12(3)4)16-15(6-2)13-10-8-7-9-11-13/h12-16H,5-11H2,1-4H3. The van der Waals surface area contributed by atoms with Crippen LogP contribution in [0.25, 0.3) is 0 Å². The fourth-order valence-corrected chi connectivity index (χ4v) is 3.18. The first-order chi connectivity index (χ1) is 7.69. The third-order valence-electron chi connectivity index (χ3n) is 4.33. The second kappa shape index (κ2) is 7.32. The third kappa shape index (κ3) is 4.08. The number of nitrogens with one attached hydrogen (secondary N) is 1. The van der Waals surface area contributed by atoms with Gasteiger partial charge in [0.25, 0.3) is 0 Å². The molecule has 0 aromatic carbocycles. The van der Waals surface area contributed by atoms with Gasteiger partial charge in [-0.25, -0.2) is 0 Å². The second-order valence-electron chi connectivity index (χ2n) is 5.84. The zero-order valence-electron chi connectivity index (χ0n) is 11.8. The van der Waals surface area contributed by atoms with Crippen molar-refractivity contribution in [3.8, 4) is 0 Å². The van der Waals surface area contributed by atoms with E-state index in [-0.39, 0.29) is 0 Å². The molecule has 0 aromatic rings. The van der Waals surface area contributed by atoms with Gasteiger partial charge in [0.05, 0.1) is 0 Å². The number of hydrogen-bond acceptors (Lipinski definition) is 1. The molecule has 96 valence electrons. The van der Waals surface area contributed by atoms with Crippen molar-refractivity contribution in [3.05, 3.63) is 0 Å². The van der Waals surface area contributed by atoms with E-state index in [1.54, 1.807) is 0 Å². The van der Waals surface area contributed by atoms with Crippen LogP contribution in [0.2, 0.25) is 0 Å². The van der Waals surface area contributed by atoms with Gasteiger partial charge in [-0.15, -0.1) is 0 Å². The summed E-state index contributed by atoms with van der Waals surface area (Å²) >= 11 is 0. The highest BCUT2D eigenvalue weighted by atomic mass is 15.0. The zero-order chi connectivity index (χ0) is 12.0. The molecule has 1 aliphatic rings. The van der Waals surface area contributed by atoms with Crippen LogP contribution in [0.4, 0.5) is 0 Å². The summed E-state index contributed by atoms with van der Waals surface area (Å²) in [5, 5.41) is 3.92. The Labute approximate surface area is 102 Å². The first kappa shape index (κ1) is 14.0. The average Bonchev–Trinajstić information content (AvgIpc) is 2.31. The predicted molar refractivity (Wildman–Crippen MR) is 72.7 cm³/mol. The highest BCUT2D eigenvalue weighted by Crippen LogP contribution is 2.28. The van der Waals surface area contributed by atoms with Crippen LogP contribution in [0.1, 0.15) is 72.6 Å². The van der Waals surface area contributed by atoms with Crippen molar-refractivity contribution in [2.75, 3.05) is 0 Å². The lowest BCUT2D eigenvalue weighted by molar-refractivity contribution is 0.225. The highest BCUT2D eigenvalue weighted by Gasteiger charge is 2.24. The fourth-order valence-electron chi connectivity index (χ4n) is 3.18. The molecule has 0 heterocycles. The predicted octanol–water partition coefficient (Wildman–Crippen LogP) is 4.37. The Balaban J connectivity index is 2.45. The van der Waals surface area contributed by atoms with Gasteiger partial charge in [0.2, 0.25) is 0 Å². The van der Waals surface area contributed by atoms with Crippen LogP contribution in [-0.2, 0) is 0 Å². The molecule has 1 fully saturated rings. The van der Waals surface area contributed by atoms with Crippen molar-refractivity contribution in [1.82, 2.24) is 5.32 Å². The van der Waals surface area contributed by atoms with E-state index in [1.165, 1.54) is 44.9 Å². The molecule has 1 nitrogen and oxygen atoms in total. The topological polar surface area (TPSA) is 12.0 Å². The third-order valence-corrected chi connectivity index (χ3v) is 4.33. The van der Waals surface area contributed by atoms with Gasteiger partial charge >= 0.3 is 0 Å². The minimum Gasteiger partial charge on any atom is -0.311 e. The van der Waals surface area contributed by atoms with Crippen molar-refractivity contribution in [2.24, 2.45) is 11.8 Å². The lowest BCUT2D eigenvalue weighted by Gasteiger charge is -2.34. The van der Waals surface area contributed by atoms with Crippen LogP contribution >= 0.6 is 0 Å². The molecule has 0 radical (unpaired) electrons. The van der Waals surface area contributed by atoms with E-state index < -0.39 is 0 Å². The molecular formula is C15H31N. The Hall–Kier alpha value is -0.0400. The summed E-state index contributed by atoms with van der Waals surface area (Å²) in [4.78, 5) is 0. The first-order valence-electron chi connectivity index (χ1n) is 7.45. The summed E-state index contributed by atoms with van der Waals surface area (Å²) < 4.78 is 0. The van der Waals surface area contributed by atoms with Gasteiger partial charge in [-0.1, -0.05) is 47.0 Å². The van der Waals surface area contributed by atoms with Gasteiger partial charge in [0.1, 0.15) is 0 Å². The molecule has 1 aliphatic carbocycles. The molecule has 16 heavy (non-hydrogen) atoms. The Morgan fingerprint density at radius 2 is 1.62 bits per heavy atom. The summed E-state index contributed by atoms with van der Waals surface area (Å²) in [6.07, 6.45) is 9.87. The van der Waals surface area contributed by atoms with Gasteiger partial charge < -0.3 is 5.32 Å². The molecule has 0 aliphatic heterocycles. The molecule has 0 spiro atoms. The van der Waals surface area contributed by atoms with Gasteiger partial charge in [-0.3, -0.25) is 0 Å². The van der Waals surface area contributed by atoms with Crippen LogP contribution in [0.3, 0.4) is 0 Å². The Kier molecular flexibility index (Phi) is 6.41. The van der Waals surface area contributed by atoms with Gasteiger partial charge in [-0.05, 0) is 37.5 Å². The van der Waals surface area contributed by atoms with Crippen LogP contribution in [-0.4, -0.2) is 12.1 Å². The van der Waals surface area contributed by atoms with Crippen molar-refractivity contribution in [2.45, 2.75) is 84.7 Å². The largest absolute Gasteiger partial charge is 0.311 e. The highest BCUT2D eigenvalue weighted by molar-refractivity contribution is 4.82. The molecule has 0 bridgehead atoms. The number of hydrogen-bond donors (Lipinski definition) is 1. The smallest absolute Gasteiger partial charge is 0.00954 e. The molecule has 2 unspecified atom stereocenters. The lowest BCUT2D eigenvalue weighted by Crippen LogP contribution is -2.45. The normalized spacial score (nSPS) is 22.3. The van der Waals surface area contributed by atoms with Gasteiger partial charge in [0.15, 0.2) is 0 Å². The van der Waals surface area contributed by atoms with Crippen LogP contribution in [0.15, 0.2) is 0 Å². The van der Waals surface area contributed by atoms with Crippen LogP contribution < -0.4 is 5.32 Å². The zero-order valence-corrected chi connectivity index (χ0v) is 11.8. The maximum Gasteiger partial charge on any atom is 0.00954 e. The Morgan fingerprint density at radius 1 is 1.00 bits per heavy atom. The molecule has 1 rings (SSSR count). The SMILES string of the molecule is CCC(NC(CC)C1CCCCC1)C(C)C. The summed E-state index contributed by atoms with van der Waals surface area (Å²) in [6, 6.07) is 1.49. The summed E-state index contributed by atoms with van der Waals surface area (Å²) in [7, 11) is 0. The first-order valence-corrected chi connectivity index (χ1v) is 7.45. The van der Waals surface area contributed by atoms with E-state index in [4.69, 9.17) is 0 Å². The van der Waals surface area contributed by atoms with E-state index >= 15 is 0 Å². The second-order valence-corrected chi connectivity index (χ2v) is 5.84. The summed E-state index contributed by atoms with van der Waals surface area (Å²) in [6.45, 7) is 9.34. The van der Waals surface area contributed by atoms with Crippen molar-refractivity contribution < 1.29 is 0 Å².